The molecule has 2 heterocycles. The second-order valence-electron chi connectivity index (χ2n) is 4.18. The number of nitrogens with one attached hydrogen (secondary N) is 1. The molecule has 1 aromatic heterocycles. The highest BCUT2D eigenvalue weighted by molar-refractivity contribution is 7.99. The topological polar surface area (TPSA) is 108 Å². The molecule has 2 amide bonds. The fraction of sp³-hybridized carbons (Fsp3) is 0.600. The van der Waals surface area contributed by atoms with Gasteiger partial charge in [0.15, 0.2) is 0 Å². The number of H-pyrrole nitrogens is 1. The van der Waals surface area contributed by atoms with E-state index >= 15 is 0 Å². The Morgan fingerprint density at radius 2 is 1.95 bits per heavy atom. The lowest BCUT2D eigenvalue weighted by atomic mass is 10.3. The van der Waals surface area contributed by atoms with Gasteiger partial charge in [-0.15, -0.1) is 5.10 Å². The number of amides is 2. The van der Waals surface area contributed by atoms with Crippen LogP contribution in [0, 0.1) is 0 Å². The first-order valence-corrected chi connectivity index (χ1v) is 6.89. The predicted molar refractivity (Wildman–Crippen MR) is 70.4 cm³/mol. The first kappa shape index (κ1) is 13.7. The van der Waals surface area contributed by atoms with Crippen molar-refractivity contribution in [2.45, 2.75) is 12.1 Å². The highest BCUT2D eigenvalue weighted by Gasteiger charge is 2.22. The van der Waals surface area contributed by atoms with Crippen molar-refractivity contribution in [1.29, 1.82) is 0 Å². The van der Waals surface area contributed by atoms with Crippen molar-refractivity contribution in [3.8, 4) is 0 Å². The maximum absolute atomic E-state index is 12.0. The number of nitrogens with two attached hydrogens (primary N) is 1. The summed E-state index contributed by atoms with van der Waals surface area (Å²) < 4.78 is 0. The normalized spacial score (nSPS) is 15.6. The first-order valence-electron chi connectivity index (χ1n) is 5.90. The number of anilines is 1. The third-order valence-corrected chi connectivity index (χ3v) is 3.72. The fourth-order valence-electron chi connectivity index (χ4n) is 1.81. The molecule has 1 aromatic rings. The second kappa shape index (κ2) is 5.91. The summed E-state index contributed by atoms with van der Waals surface area (Å²) in [5, 5.41) is 6.83. The Labute approximate surface area is 114 Å². The number of rotatable bonds is 3. The zero-order valence-corrected chi connectivity index (χ0v) is 11.4. The van der Waals surface area contributed by atoms with Gasteiger partial charge in [-0.25, -0.2) is 5.10 Å². The van der Waals surface area contributed by atoms with E-state index in [1.165, 1.54) is 11.8 Å². The molecule has 104 valence electrons. The molecule has 0 aromatic carbocycles. The summed E-state index contributed by atoms with van der Waals surface area (Å²) >= 11 is 1.24. The lowest BCUT2D eigenvalue weighted by Gasteiger charge is -2.34. The number of thioether (sulfide) groups is 1. The molecule has 0 aliphatic carbocycles. The Hall–Kier alpha value is -1.77. The number of hydrogen-bond donors (Lipinski definition) is 2. The smallest absolute Gasteiger partial charge is 0.233 e. The molecule has 1 saturated heterocycles. The monoisotopic (exact) mass is 284 g/mol. The summed E-state index contributed by atoms with van der Waals surface area (Å²) in [6, 6.07) is 0. The molecule has 0 atom stereocenters. The van der Waals surface area contributed by atoms with Gasteiger partial charge < -0.3 is 15.5 Å². The van der Waals surface area contributed by atoms with Gasteiger partial charge in [0.2, 0.25) is 22.9 Å². The van der Waals surface area contributed by atoms with Crippen molar-refractivity contribution < 1.29 is 9.59 Å². The van der Waals surface area contributed by atoms with E-state index in [0.29, 0.717) is 31.3 Å². The number of piperazine rings is 1. The maximum atomic E-state index is 12.0. The quantitative estimate of drug-likeness (QED) is 0.701. The van der Waals surface area contributed by atoms with Crippen molar-refractivity contribution >= 4 is 29.5 Å². The van der Waals surface area contributed by atoms with E-state index in [9.17, 15) is 9.59 Å². The van der Waals surface area contributed by atoms with Gasteiger partial charge in [0, 0.05) is 33.1 Å². The molecule has 0 unspecified atom stereocenters. The van der Waals surface area contributed by atoms with Gasteiger partial charge in [-0.2, -0.15) is 4.98 Å². The molecular formula is C10H16N6O2S. The van der Waals surface area contributed by atoms with E-state index in [-0.39, 0.29) is 23.5 Å². The molecule has 3 N–H and O–H groups in total. The molecule has 0 bridgehead atoms. The van der Waals surface area contributed by atoms with Crippen LogP contribution in [-0.2, 0) is 9.59 Å². The standard InChI is InChI=1S/C10H16N6O2S/c1-7(17)15-2-4-16(5-3-15)8(18)6-19-10-12-9(11)13-14-10/h2-6H2,1H3,(H3,11,12,13,14). The third kappa shape index (κ3) is 3.60. The van der Waals surface area contributed by atoms with Crippen LogP contribution in [0.2, 0.25) is 0 Å². The molecule has 0 radical (unpaired) electrons. The van der Waals surface area contributed by atoms with Gasteiger partial charge in [0.25, 0.3) is 0 Å². The summed E-state index contributed by atoms with van der Waals surface area (Å²) in [5.41, 5.74) is 5.40. The van der Waals surface area contributed by atoms with Crippen LogP contribution in [-0.4, -0.2) is 68.7 Å². The molecular weight excluding hydrogens is 268 g/mol. The average Bonchev–Trinajstić information content (AvgIpc) is 2.82. The molecule has 19 heavy (non-hydrogen) atoms. The van der Waals surface area contributed by atoms with Crippen molar-refractivity contribution in [3.05, 3.63) is 0 Å². The van der Waals surface area contributed by atoms with Crippen LogP contribution >= 0.6 is 11.8 Å². The Kier molecular flexibility index (Phi) is 4.25. The van der Waals surface area contributed by atoms with Gasteiger partial charge in [0.05, 0.1) is 5.75 Å². The molecule has 1 aliphatic heterocycles. The Morgan fingerprint density at radius 3 is 2.47 bits per heavy atom. The number of aromatic amines is 1. The number of aromatic nitrogens is 3. The fourth-order valence-corrected chi connectivity index (χ4v) is 2.52. The van der Waals surface area contributed by atoms with E-state index in [4.69, 9.17) is 5.73 Å². The van der Waals surface area contributed by atoms with E-state index in [1.54, 1.807) is 16.7 Å². The maximum Gasteiger partial charge on any atom is 0.233 e. The van der Waals surface area contributed by atoms with Crippen molar-refractivity contribution in [1.82, 2.24) is 25.0 Å². The van der Waals surface area contributed by atoms with Crippen LogP contribution in [0.3, 0.4) is 0 Å². The number of nitrogen functional groups attached to an aromatic ring is 1. The summed E-state index contributed by atoms with van der Waals surface area (Å²) in [6.07, 6.45) is 0. The van der Waals surface area contributed by atoms with E-state index in [2.05, 4.69) is 15.2 Å². The largest absolute Gasteiger partial charge is 0.368 e. The van der Waals surface area contributed by atoms with Crippen LogP contribution in [0.4, 0.5) is 5.95 Å². The van der Waals surface area contributed by atoms with Gasteiger partial charge in [-0.05, 0) is 0 Å². The van der Waals surface area contributed by atoms with Gasteiger partial charge in [0.1, 0.15) is 0 Å². The number of carbonyl (C=O) groups is 2. The molecule has 8 nitrogen and oxygen atoms in total. The van der Waals surface area contributed by atoms with E-state index in [1.807, 2.05) is 0 Å². The Bertz CT molecular complexity index is 468. The zero-order chi connectivity index (χ0) is 13.8. The molecule has 0 saturated carbocycles. The molecule has 1 aliphatic rings. The van der Waals surface area contributed by atoms with Crippen molar-refractivity contribution in [2.75, 3.05) is 37.7 Å². The zero-order valence-electron chi connectivity index (χ0n) is 10.6. The number of carbonyl (C=O) groups excluding carboxylic acids is 2. The summed E-state index contributed by atoms with van der Waals surface area (Å²) in [4.78, 5) is 30.5. The SMILES string of the molecule is CC(=O)N1CCN(C(=O)CSc2n[nH]c(N)n2)CC1. The van der Waals surface area contributed by atoms with Gasteiger partial charge in [-0.3, -0.25) is 9.59 Å². The molecule has 0 spiro atoms. The van der Waals surface area contributed by atoms with Crippen molar-refractivity contribution in [2.24, 2.45) is 0 Å². The number of hydrogen-bond acceptors (Lipinski definition) is 6. The molecule has 1 fully saturated rings. The number of nitrogens with zero attached hydrogens (tertiary/aromatic N) is 4. The third-order valence-electron chi connectivity index (χ3n) is 2.88. The van der Waals surface area contributed by atoms with Gasteiger partial charge >= 0.3 is 0 Å². The van der Waals surface area contributed by atoms with Crippen LogP contribution in [0.1, 0.15) is 6.92 Å². The van der Waals surface area contributed by atoms with E-state index in [0.717, 1.165) is 0 Å². The Morgan fingerprint density at radius 1 is 1.32 bits per heavy atom. The minimum absolute atomic E-state index is 0.0246. The lowest BCUT2D eigenvalue weighted by Crippen LogP contribution is -2.50. The second-order valence-corrected chi connectivity index (χ2v) is 5.12. The molecule has 2 rings (SSSR count). The van der Waals surface area contributed by atoms with Crippen LogP contribution in [0.15, 0.2) is 5.16 Å². The minimum atomic E-state index is 0.0246. The highest BCUT2D eigenvalue weighted by Crippen LogP contribution is 2.14. The lowest BCUT2D eigenvalue weighted by molar-refractivity contribution is -0.136. The first-order chi connectivity index (χ1) is 9.06. The minimum Gasteiger partial charge on any atom is -0.368 e. The summed E-state index contributed by atoms with van der Waals surface area (Å²) in [5.74, 6) is 0.594. The molecule has 9 heteroatoms. The van der Waals surface area contributed by atoms with Crippen LogP contribution in [0.5, 0.6) is 0 Å². The van der Waals surface area contributed by atoms with Crippen LogP contribution < -0.4 is 5.73 Å². The average molecular weight is 284 g/mol. The predicted octanol–water partition coefficient (Wildman–Crippen LogP) is -0.830. The van der Waals surface area contributed by atoms with Gasteiger partial charge in [-0.1, -0.05) is 11.8 Å². The van der Waals surface area contributed by atoms with E-state index < -0.39 is 0 Å². The summed E-state index contributed by atoms with van der Waals surface area (Å²) in [7, 11) is 0. The van der Waals surface area contributed by atoms with Crippen molar-refractivity contribution in [3.63, 3.8) is 0 Å². The van der Waals surface area contributed by atoms with Crippen LogP contribution in [0.25, 0.3) is 0 Å². The highest BCUT2D eigenvalue weighted by atomic mass is 32.2. The summed E-state index contributed by atoms with van der Waals surface area (Å²) in [6.45, 7) is 3.89. The Balaban J connectivity index is 1.77.